The van der Waals surface area contributed by atoms with Crippen molar-refractivity contribution in [3.05, 3.63) is 27.3 Å². The van der Waals surface area contributed by atoms with Crippen molar-refractivity contribution in [2.24, 2.45) is 0 Å². The average molecular weight is 229 g/mol. The summed E-state index contributed by atoms with van der Waals surface area (Å²) in [5, 5.41) is 19.0. The van der Waals surface area contributed by atoms with Gasteiger partial charge in [-0.15, -0.1) is 0 Å². The van der Waals surface area contributed by atoms with Crippen molar-refractivity contribution >= 4 is 5.82 Å². The van der Waals surface area contributed by atoms with Gasteiger partial charge < -0.3 is 14.9 Å². The highest BCUT2D eigenvalue weighted by Gasteiger charge is 2.26. The van der Waals surface area contributed by atoms with E-state index in [1.807, 2.05) is 0 Å². The Morgan fingerprint density at radius 3 is 2.69 bits per heavy atom. The number of aromatic nitrogens is 1. The van der Waals surface area contributed by atoms with Crippen LogP contribution in [0.2, 0.25) is 0 Å². The van der Waals surface area contributed by atoms with Gasteiger partial charge in [0.15, 0.2) is 5.56 Å². The zero-order chi connectivity index (χ0) is 12.3. The van der Waals surface area contributed by atoms with Crippen LogP contribution in [0.1, 0.15) is 17.6 Å². The topological polar surface area (TPSA) is 89.1 Å². The monoisotopic (exact) mass is 229 g/mol. The molecular weight excluding hydrogens is 224 g/mol. The van der Waals surface area contributed by atoms with Crippen molar-refractivity contribution < 1.29 is 18.4 Å². The van der Waals surface area contributed by atoms with Gasteiger partial charge in [-0.1, -0.05) is 0 Å². The average Bonchev–Trinajstić information content (AvgIpc) is 2.26. The Labute approximate surface area is 88.2 Å². The smallest absolute Gasteiger partial charge is 0.385 e. The van der Waals surface area contributed by atoms with Gasteiger partial charge in [-0.05, 0) is 11.0 Å². The molecule has 0 atom stereocenters. The maximum absolute atomic E-state index is 12.5. The molecule has 0 bridgehead atoms. The van der Waals surface area contributed by atoms with E-state index in [2.05, 4.69) is 9.72 Å². The van der Waals surface area contributed by atoms with Crippen molar-refractivity contribution in [1.29, 1.82) is 5.26 Å². The van der Waals surface area contributed by atoms with E-state index in [0.29, 0.717) is 6.07 Å². The molecule has 0 aliphatic rings. The minimum absolute atomic E-state index is 0.527. The first-order valence-electron chi connectivity index (χ1n) is 3.92. The minimum atomic E-state index is -2.92. The fraction of sp³-hybridized carbons (Fsp3) is 0.250. The minimum Gasteiger partial charge on any atom is -0.462 e. The Balaban J connectivity index is 3.48. The van der Waals surface area contributed by atoms with E-state index in [1.165, 1.54) is 6.07 Å². The SMILES string of the molecule is COc1nc([N+](=O)[O-])c(C#N)cc1C(F)F. The molecule has 0 N–H and O–H groups in total. The molecule has 16 heavy (non-hydrogen) atoms. The molecule has 1 aromatic heterocycles. The van der Waals surface area contributed by atoms with Crippen LogP contribution < -0.4 is 4.74 Å². The number of alkyl halides is 2. The lowest BCUT2D eigenvalue weighted by Gasteiger charge is -2.03. The number of rotatable bonds is 3. The van der Waals surface area contributed by atoms with Crippen molar-refractivity contribution in [2.45, 2.75) is 6.43 Å². The Hall–Kier alpha value is -2.30. The highest BCUT2D eigenvalue weighted by molar-refractivity contribution is 5.48. The summed E-state index contributed by atoms with van der Waals surface area (Å²) in [5.74, 6) is -1.36. The van der Waals surface area contributed by atoms with Crippen LogP contribution in [0.3, 0.4) is 0 Å². The van der Waals surface area contributed by atoms with E-state index in [-0.39, 0.29) is 0 Å². The number of hydrogen-bond acceptors (Lipinski definition) is 5. The first-order chi connectivity index (χ1) is 7.51. The van der Waals surface area contributed by atoms with E-state index in [0.717, 1.165) is 7.11 Å². The van der Waals surface area contributed by atoms with Crippen LogP contribution in [-0.2, 0) is 0 Å². The quantitative estimate of drug-likeness (QED) is 0.582. The number of nitrogens with zero attached hydrogens (tertiary/aromatic N) is 3. The number of halogens is 2. The van der Waals surface area contributed by atoms with Crippen molar-refractivity contribution in [2.75, 3.05) is 7.11 Å². The molecule has 8 heteroatoms. The van der Waals surface area contributed by atoms with Crippen LogP contribution in [0, 0.1) is 21.4 Å². The highest BCUT2D eigenvalue weighted by atomic mass is 19.3. The summed E-state index contributed by atoms with van der Waals surface area (Å²) < 4.78 is 29.4. The first-order valence-corrected chi connectivity index (χ1v) is 3.92. The van der Waals surface area contributed by atoms with Crippen LogP contribution >= 0.6 is 0 Å². The molecule has 0 unspecified atom stereocenters. The predicted molar refractivity (Wildman–Crippen MR) is 47.1 cm³/mol. The first kappa shape index (κ1) is 11.8. The van der Waals surface area contributed by atoms with Gasteiger partial charge in [0.1, 0.15) is 11.6 Å². The summed E-state index contributed by atoms with van der Waals surface area (Å²) in [4.78, 5) is 12.8. The van der Waals surface area contributed by atoms with Gasteiger partial charge in [0.25, 0.3) is 6.43 Å². The molecule has 1 rings (SSSR count). The molecule has 0 radical (unpaired) electrons. The molecule has 0 saturated heterocycles. The van der Waals surface area contributed by atoms with E-state index in [1.54, 1.807) is 0 Å². The predicted octanol–water partition coefficient (Wildman–Crippen LogP) is 1.81. The van der Waals surface area contributed by atoms with E-state index < -0.39 is 34.2 Å². The molecule has 6 nitrogen and oxygen atoms in total. The van der Waals surface area contributed by atoms with Gasteiger partial charge in [-0.2, -0.15) is 5.26 Å². The molecular formula is C8H5F2N3O3. The van der Waals surface area contributed by atoms with E-state index >= 15 is 0 Å². The zero-order valence-corrected chi connectivity index (χ0v) is 7.98. The van der Waals surface area contributed by atoms with Crippen LogP contribution in [0.25, 0.3) is 0 Å². The molecule has 0 aliphatic heterocycles. The molecule has 0 amide bonds. The number of nitro groups is 1. The van der Waals surface area contributed by atoms with Crippen LogP contribution in [0.4, 0.5) is 14.6 Å². The number of hydrogen-bond donors (Lipinski definition) is 0. The molecule has 0 fully saturated rings. The van der Waals surface area contributed by atoms with Crippen LogP contribution in [-0.4, -0.2) is 17.0 Å². The van der Waals surface area contributed by atoms with Gasteiger partial charge in [-0.25, -0.2) is 8.78 Å². The Bertz CT molecular complexity index is 470. The molecule has 0 aliphatic carbocycles. The summed E-state index contributed by atoms with van der Waals surface area (Å²) in [5.41, 5.74) is -1.18. The second-order valence-electron chi connectivity index (χ2n) is 2.63. The van der Waals surface area contributed by atoms with Gasteiger partial charge in [0, 0.05) is 4.98 Å². The lowest BCUT2D eigenvalue weighted by Crippen LogP contribution is -2.02. The van der Waals surface area contributed by atoms with Crippen LogP contribution in [0.15, 0.2) is 6.07 Å². The summed E-state index contributed by atoms with van der Waals surface area (Å²) in [7, 11) is 1.06. The highest BCUT2D eigenvalue weighted by Crippen LogP contribution is 2.31. The molecule has 0 spiro atoms. The molecule has 1 aromatic rings. The standard InChI is InChI=1S/C8H5F2N3O3/c1-16-8-5(6(9)10)2-4(3-11)7(12-8)13(14)15/h2,6H,1H3. The van der Waals surface area contributed by atoms with Gasteiger partial charge in [-0.3, -0.25) is 0 Å². The third-order valence-electron chi connectivity index (χ3n) is 1.72. The maximum atomic E-state index is 12.5. The Morgan fingerprint density at radius 1 is 1.69 bits per heavy atom. The third-order valence-corrected chi connectivity index (χ3v) is 1.72. The lowest BCUT2D eigenvalue weighted by atomic mass is 10.2. The van der Waals surface area contributed by atoms with Crippen molar-refractivity contribution in [1.82, 2.24) is 4.98 Å². The second kappa shape index (κ2) is 4.48. The van der Waals surface area contributed by atoms with Gasteiger partial charge in [0.2, 0.25) is 0 Å². The van der Waals surface area contributed by atoms with Crippen molar-refractivity contribution in [3.8, 4) is 11.9 Å². The van der Waals surface area contributed by atoms with Gasteiger partial charge >= 0.3 is 11.7 Å². The Morgan fingerprint density at radius 2 is 2.31 bits per heavy atom. The summed E-state index contributed by atoms with van der Waals surface area (Å²) in [6.07, 6.45) is -2.92. The summed E-state index contributed by atoms with van der Waals surface area (Å²) in [6, 6.07) is 2.13. The summed E-state index contributed by atoms with van der Waals surface area (Å²) in [6.45, 7) is 0. The second-order valence-corrected chi connectivity index (χ2v) is 2.63. The number of pyridine rings is 1. The number of ether oxygens (including phenoxy) is 1. The molecule has 84 valence electrons. The number of methoxy groups -OCH3 is 1. The van der Waals surface area contributed by atoms with E-state index in [9.17, 15) is 18.9 Å². The van der Waals surface area contributed by atoms with Crippen molar-refractivity contribution in [3.63, 3.8) is 0 Å². The normalized spacial score (nSPS) is 9.94. The van der Waals surface area contributed by atoms with E-state index in [4.69, 9.17) is 5.26 Å². The molecule has 1 heterocycles. The summed E-state index contributed by atoms with van der Waals surface area (Å²) >= 11 is 0. The Kier molecular flexibility index (Phi) is 3.30. The maximum Gasteiger partial charge on any atom is 0.385 e. The third kappa shape index (κ3) is 2.03. The zero-order valence-electron chi connectivity index (χ0n) is 7.98. The van der Waals surface area contributed by atoms with Gasteiger partial charge in [0.05, 0.1) is 7.11 Å². The molecule has 0 aromatic carbocycles. The largest absolute Gasteiger partial charge is 0.462 e. The number of nitriles is 1. The lowest BCUT2D eigenvalue weighted by molar-refractivity contribution is -0.390. The molecule has 0 saturated carbocycles. The fourth-order valence-electron chi connectivity index (χ4n) is 1.04. The fourth-order valence-corrected chi connectivity index (χ4v) is 1.04. The van der Waals surface area contributed by atoms with Crippen LogP contribution in [0.5, 0.6) is 5.88 Å².